The van der Waals surface area contributed by atoms with E-state index in [0.717, 1.165) is 19.3 Å². The number of aliphatic imine (C=N–C) groups is 1. The predicted octanol–water partition coefficient (Wildman–Crippen LogP) is 3.91. The number of halogens is 2. The molecule has 0 saturated heterocycles. The monoisotopic (exact) mass is 399 g/mol. The quantitative estimate of drug-likeness (QED) is 0.691. The van der Waals surface area contributed by atoms with Gasteiger partial charge in [0.1, 0.15) is 11.6 Å². The number of allylic oxidation sites excluding steroid dienone is 2. The van der Waals surface area contributed by atoms with Crippen molar-refractivity contribution in [1.29, 1.82) is 0 Å². The summed E-state index contributed by atoms with van der Waals surface area (Å²) >= 11 is 0. The molecule has 8 heteroatoms. The molecule has 29 heavy (non-hydrogen) atoms. The molecule has 0 spiro atoms. The molecule has 1 aromatic carbocycles. The first kappa shape index (κ1) is 20.6. The molecular weight excluding hydrogens is 376 g/mol. The lowest BCUT2D eigenvalue weighted by atomic mass is 9.65. The lowest BCUT2D eigenvalue weighted by Crippen LogP contribution is -2.44. The van der Waals surface area contributed by atoms with Gasteiger partial charge in [-0.25, -0.2) is 18.7 Å². The Morgan fingerprint density at radius 1 is 1.34 bits per heavy atom. The number of benzene rings is 1. The van der Waals surface area contributed by atoms with Crippen molar-refractivity contribution >= 4 is 17.6 Å². The Morgan fingerprint density at radius 3 is 2.55 bits per heavy atom. The van der Waals surface area contributed by atoms with E-state index < -0.39 is 11.7 Å². The van der Waals surface area contributed by atoms with Gasteiger partial charge >= 0.3 is 0 Å². The second kappa shape index (κ2) is 8.46. The van der Waals surface area contributed by atoms with E-state index in [1.807, 2.05) is 0 Å². The largest absolute Gasteiger partial charge is 0.366 e. The van der Waals surface area contributed by atoms with Gasteiger partial charge in [0, 0.05) is 48.1 Å². The molecule has 1 aliphatic rings. The highest BCUT2D eigenvalue weighted by Crippen LogP contribution is 2.44. The van der Waals surface area contributed by atoms with Crippen molar-refractivity contribution in [3.05, 3.63) is 53.9 Å². The number of hydrogen-bond acceptors (Lipinski definition) is 5. The van der Waals surface area contributed by atoms with Crippen LogP contribution in [0.2, 0.25) is 0 Å². The van der Waals surface area contributed by atoms with Crippen LogP contribution in [0.1, 0.15) is 36.5 Å². The molecule has 1 heterocycles. The first-order chi connectivity index (χ1) is 13.9. The molecule has 1 amide bonds. The number of rotatable bonds is 7. The molecule has 1 fully saturated rings. The van der Waals surface area contributed by atoms with Crippen LogP contribution in [-0.2, 0) is 0 Å². The zero-order valence-electron chi connectivity index (χ0n) is 16.4. The summed E-state index contributed by atoms with van der Waals surface area (Å²) in [6, 6.07) is 3.88. The van der Waals surface area contributed by atoms with Crippen molar-refractivity contribution in [3.63, 3.8) is 0 Å². The number of nitrogens with one attached hydrogen (secondary N) is 1. The van der Waals surface area contributed by atoms with Crippen molar-refractivity contribution in [2.75, 3.05) is 18.9 Å². The Labute approximate surface area is 168 Å². The minimum absolute atomic E-state index is 0.193. The van der Waals surface area contributed by atoms with Gasteiger partial charge in [-0.1, -0.05) is 6.42 Å². The van der Waals surface area contributed by atoms with Crippen LogP contribution in [0.15, 0.2) is 47.5 Å². The second-order valence-corrected chi connectivity index (χ2v) is 7.05. The van der Waals surface area contributed by atoms with Crippen LogP contribution in [0.4, 0.5) is 14.7 Å². The molecular formula is C21H23F2N5O. The third-order valence-corrected chi connectivity index (χ3v) is 5.31. The number of carbonyl (C=O) groups is 1. The van der Waals surface area contributed by atoms with Gasteiger partial charge in [-0.2, -0.15) is 0 Å². The first-order valence-corrected chi connectivity index (χ1v) is 9.35. The van der Waals surface area contributed by atoms with Gasteiger partial charge in [0.15, 0.2) is 0 Å². The van der Waals surface area contributed by atoms with Crippen LogP contribution < -0.4 is 11.1 Å². The lowest BCUT2D eigenvalue weighted by molar-refractivity contribution is 0.100. The van der Waals surface area contributed by atoms with Crippen LogP contribution >= 0.6 is 0 Å². The fraction of sp³-hybridized carbons (Fsp3) is 0.333. The number of anilines is 1. The van der Waals surface area contributed by atoms with Crippen LogP contribution in [0.25, 0.3) is 11.1 Å². The zero-order valence-corrected chi connectivity index (χ0v) is 16.4. The number of nitrogens with zero attached hydrogens (tertiary/aromatic N) is 3. The highest BCUT2D eigenvalue weighted by Gasteiger charge is 2.43. The van der Waals surface area contributed by atoms with Crippen molar-refractivity contribution in [3.8, 4) is 11.1 Å². The topological polar surface area (TPSA) is 93.3 Å². The molecule has 2 aromatic rings. The Morgan fingerprint density at radius 2 is 2.03 bits per heavy atom. The third-order valence-electron chi connectivity index (χ3n) is 5.31. The summed E-state index contributed by atoms with van der Waals surface area (Å²) in [5, 5.41) is 3.14. The molecule has 3 rings (SSSR count). The van der Waals surface area contributed by atoms with E-state index >= 15 is 0 Å². The van der Waals surface area contributed by atoms with E-state index in [4.69, 9.17) is 5.73 Å². The molecule has 0 bridgehead atoms. The molecule has 0 aliphatic heterocycles. The average Bonchev–Trinajstić information content (AvgIpc) is 2.70. The predicted molar refractivity (Wildman–Crippen MR) is 109 cm³/mol. The van der Waals surface area contributed by atoms with Gasteiger partial charge in [0.2, 0.25) is 11.9 Å². The smallest absolute Gasteiger partial charge is 0.248 e. The summed E-state index contributed by atoms with van der Waals surface area (Å²) in [5.74, 6) is -1.10. The molecule has 1 aliphatic carbocycles. The SMILES string of the molecule is C/C=C(/F)C(=NC)C1(CNc2ncc(-c3cc(C(N)=O)ccc3F)cn2)CCC1. The number of aromatic nitrogens is 2. The Bertz CT molecular complexity index is 966. The lowest BCUT2D eigenvalue weighted by Gasteiger charge is -2.42. The maximum Gasteiger partial charge on any atom is 0.248 e. The average molecular weight is 399 g/mol. The molecule has 1 aromatic heterocycles. The van der Waals surface area contributed by atoms with Gasteiger partial charge in [-0.15, -0.1) is 0 Å². The Kier molecular flexibility index (Phi) is 6.00. The number of nitrogens with two attached hydrogens (primary N) is 1. The van der Waals surface area contributed by atoms with E-state index in [-0.39, 0.29) is 22.4 Å². The van der Waals surface area contributed by atoms with E-state index in [2.05, 4.69) is 20.3 Å². The van der Waals surface area contributed by atoms with E-state index in [0.29, 0.717) is 23.8 Å². The minimum atomic E-state index is -0.641. The zero-order chi connectivity index (χ0) is 21.0. The molecule has 0 unspecified atom stereocenters. The van der Waals surface area contributed by atoms with Gasteiger partial charge < -0.3 is 11.1 Å². The summed E-state index contributed by atoms with van der Waals surface area (Å²) in [6.45, 7) is 2.10. The van der Waals surface area contributed by atoms with Gasteiger partial charge in [-0.3, -0.25) is 9.79 Å². The number of primary amides is 1. The summed E-state index contributed by atoms with van der Waals surface area (Å²) in [4.78, 5) is 24.0. The number of hydrogen-bond donors (Lipinski definition) is 2. The summed E-state index contributed by atoms with van der Waals surface area (Å²) in [7, 11) is 1.60. The minimum Gasteiger partial charge on any atom is -0.366 e. The molecule has 1 saturated carbocycles. The van der Waals surface area contributed by atoms with Gasteiger partial charge in [-0.05, 0) is 44.0 Å². The van der Waals surface area contributed by atoms with E-state index in [1.165, 1.54) is 36.7 Å². The van der Waals surface area contributed by atoms with E-state index in [9.17, 15) is 13.6 Å². The van der Waals surface area contributed by atoms with Crippen LogP contribution in [0, 0.1) is 11.2 Å². The fourth-order valence-corrected chi connectivity index (χ4v) is 3.54. The third kappa shape index (κ3) is 4.16. The van der Waals surface area contributed by atoms with E-state index in [1.54, 1.807) is 14.0 Å². The summed E-state index contributed by atoms with van der Waals surface area (Å²) in [5.41, 5.74) is 6.15. The first-order valence-electron chi connectivity index (χ1n) is 9.35. The van der Waals surface area contributed by atoms with Crippen LogP contribution in [0.5, 0.6) is 0 Å². The van der Waals surface area contributed by atoms with Crippen LogP contribution in [-0.4, -0.2) is 35.2 Å². The molecule has 3 N–H and O–H groups in total. The maximum atomic E-state index is 14.2. The Hall–Kier alpha value is -3.16. The summed E-state index contributed by atoms with van der Waals surface area (Å²) < 4.78 is 28.3. The highest BCUT2D eigenvalue weighted by atomic mass is 19.1. The van der Waals surface area contributed by atoms with Crippen molar-refractivity contribution in [2.45, 2.75) is 26.2 Å². The van der Waals surface area contributed by atoms with Gasteiger partial charge in [0.25, 0.3) is 0 Å². The number of carbonyl (C=O) groups excluding carboxylic acids is 1. The number of amides is 1. The molecule has 152 valence electrons. The maximum absolute atomic E-state index is 14.2. The van der Waals surface area contributed by atoms with Crippen LogP contribution in [0.3, 0.4) is 0 Å². The highest BCUT2D eigenvalue weighted by molar-refractivity contribution is 6.03. The molecule has 6 nitrogen and oxygen atoms in total. The molecule has 0 radical (unpaired) electrons. The summed E-state index contributed by atoms with van der Waals surface area (Å²) in [6.07, 6.45) is 7.02. The molecule has 0 atom stereocenters. The Balaban J connectivity index is 1.76. The van der Waals surface area contributed by atoms with Crippen molar-refractivity contribution in [2.24, 2.45) is 16.1 Å². The van der Waals surface area contributed by atoms with Crippen molar-refractivity contribution in [1.82, 2.24) is 9.97 Å². The van der Waals surface area contributed by atoms with Crippen molar-refractivity contribution < 1.29 is 13.6 Å². The van der Waals surface area contributed by atoms with Gasteiger partial charge in [0.05, 0.1) is 5.71 Å². The normalized spacial score (nSPS) is 16.3. The standard InChI is InChI=1S/C21H23F2N5O/c1-3-16(22)18(25-2)21(7-4-8-21)12-28-20-26-10-14(11-27-20)15-9-13(19(24)29)5-6-17(15)23/h3,5-6,9-11H,4,7-8,12H2,1-2H3,(H2,24,29)(H,26,27,28)/b16-3+,25-18?. The second-order valence-electron chi connectivity index (χ2n) is 7.05. The fourth-order valence-electron chi connectivity index (χ4n) is 3.54.